The number of unbranched alkanes of at least 4 members (excludes halogenated alkanes) is 1. The number of hydrogen-bond donors (Lipinski definition) is 0. The van der Waals surface area contributed by atoms with Crippen molar-refractivity contribution in [1.29, 1.82) is 0 Å². The SMILES string of the molecule is CCCCP(=O)(OC)OCCC[SiH](OCCC)OCCC. The minimum Gasteiger partial charge on any atom is -0.397 e. The van der Waals surface area contributed by atoms with E-state index in [9.17, 15) is 4.57 Å². The molecule has 0 aromatic heterocycles. The van der Waals surface area contributed by atoms with Gasteiger partial charge in [0, 0.05) is 20.3 Å². The molecule has 0 aliphatic rings. The smallest absolute Gasteiger partial charge is 0.330 e. The molecule has 21 heavy (non-hydrogen) atoms. The minimum absolute atomic E-state index is 0.448. The first kappa shape index (κ1) is 21.3. The van der Waals surface area contributed by atoms with E-state index in [0.29, 0.717) is 12.8 Å². The fourth-order valence-corrected chi connectivity index (χ4v) is 5.18. The number of rotatable bonds is 15. The van der Waals surface area contributed by atoms with Gasteiger partial charge in [-0.1, -0.05) is 27.2 Å². The summed E-state index contributed by atoms with van der Waals surface area (Å²) in [6.45, 7) is 8.21. The summed E-state index contributed by atoms with van der Waals surface area (Å²) in [5.41, 5.74) is 0. The molecule has 0 heterocycles. The Morgan fingerprint density at radius 1 is 0.905 bits per heavy atom. The van der Waals surface area contributed by atoms with E-state index in [4.69, 9.17) is 17.9 Å². The Kier molecular flexibility index (Phi) is 14.1. The molecule has 0 bridgehead atoms. The van der Waals surface area contributed by atoms with Crippen molar-refractivity contribution < 1.29 is 22.5 Å². The summed E-state index contributed by atoms with van der Waals surface area (Å²) < 4.78 is 34.3. The van der Waals surface area contributed by atoms with E-state index in [1.165, 1.54) is 7.11 Å². The lowest BCUT2D eigenvalue weighted by molar-refractivity contribution is 0.190. The molecule has 0 aliphatic carbocycles. The van der Waals surface area contributed by atoms with Gasteiger partial charge in [0.25, 0.3) is 0 Å². The third kappa shape index (κ3) is 11.5. The first-order chi connectivity index (χ1) is 10.1. The molecular weight excluding hydrogens is 307 g/mol. The molecule has 0 saturated heterocycles. The summed E-state index contributed by atoms with van der Waals surface area (Å²) in [6, 6.07) is 0.886. The largest absolute Gasteiger partial charge is 0.397 e. The van der Waals surface area contributed by atoms with Crippen LogP contribution in [0, 0.1) is 0 Å². The van der Waals surface area contributed by atoms with Crippen LogP contribution < -0.4 is 0 Å². The van der Waals surface area contributed by atoms with Gasteiger partial charge in [-0.15, -0.1) is 0 Å². The molecular formula is C14H33O5PSi. The standard InChI is InChI=1S/C14H33O5PSi/c1-5-8-13-20(15,16-4)17-12-9-14-21(18-10-6-2)19-11-7-3/h21H,5-14H2,1-4H3. The highest BCUT2D eigenvalue weighted by atomic mass is 31.2. The highest BCUT2D eigenvalue weighted by molar-refractivity contribution is 7.53. The van der Waals surface area contributed by atoms with Gasteiger partial charge in [0.2, 0.25) is 0 Å². The van der Waals surface area contributed by atoms with Gasteiger partial charge in [-0.2, -0.15) is 0 Å². The molecule has 0 radical (unpaired) electrons. The second-order valence-corrected chi connectivity index (χ2v) is 9.41. The highest BCUT2D eigenvalue weighted by Gasteiger charge is 2.22. The Morgan fingerprint density at radius 2 is 1.52 bits per heavy atom. The zero-order valence-corrected chi connectivity index (χ0v) is 16.2. The molecule has 1 unspecified atom stereocenters. The van der Waals surface area contributed by atoms with Crippen LogP contribution in [0.4, 0.5) is 0 Å². The Hall–Kier alpha value is 0.287. The van der Waals surface area contributed by atoms with Crippen LogP contribution in [-0.4, -0.2) is 42.4 Å². The Morgan fingerprint density at radius 3 is 2.00 bits per heavy atom. The van der Waals surface area contributed by atoms with Gasteiger partial charge in [0.15, 0.2) is 0 Å². The van der Waals surface area contributed by atoms with Crippen LogP contribution in [0.5, 0.6) is 0 Å². The normalized spacial score (nSPS) is 14.5. The van der Waals surface area contributed by atoms with Gasteiger partial charge >= 0.3 is 16.9 Å². The van der Waals surface area contributed by atoms with Gasteiger partial charge < -0.3 is 17.9 Å². The van der Waals surface area contributed by atoms with Crippen molar-refractivity contribution >= 4 is 16.9 Å². The van der Waals surface area contributed by atoms with Gasteiger partial charge in [-0.3, -0.25) is 4.57 Å². The third-order valence-corrected chi connectivity index (χ3v) is 7.04. The van der Waals surface area contributed by atoms with Crippen molar-refractivity contribution in [2.24, 2.45) is 0 Å². The van der Waals surface area contributed by atoms with Gasteiger partial charge in [-0.05, 0) is 31.7 Å². The first-order valence-electron chi connectivity index (χ1n) is 8.14. The average Bonchev–Trinajstić information content (AvgIpc) is 2.51. The molecule has 0 fully saturated rings. The molecule has 0 saturated carbocycles. The van der Waals surface area contributed by atoms with Gasteiger partial charge in [-0.25, -0.2) is 0 Å². The summed E-state index contributed by atoms with van der Waals surface area (Å²) in [6.07, 6.45) is 5.17. The third-order valence-electron chi connectivity index (χ3n) is 2.95. The molecule has 0 spiro atoms. The molecule has 0 amide bonds. The zero-order chi connectivity index (χ0) is 16.0. The first-order valence-corrected chi connectivity index (χ1v) is 11.6. The van der Waals surface area contributed by atoms with Crippen molar-refractivity contribution in [2.75, 3.05) is 33.1 Å². The van der Waals surface area contributed by atoms with E-state index in [1.807, 2.05) is 0 Å². The van der Waals surface area contributed by atoms with E-state index in [-0.39, 0.29) is 0 Å². The Labute approximate surface area is 132 Å². The number of hydrogen-bond acceptors (Lipinski definition) is 5. The molecule has 0 aliphatic heterocycles. The summed E-state index contributed by atoms with van der Waals surface area (Å²) >= 11 is 0. The van der Waals surface area contributed by atoms with Crippen LogP contribution in [0.3, 0.4) is 0 Å². The van der Waals surface area contributed by atoms with E-state index >= 15 is 0 Å². The molecule has 0 aromatic rings. The lowest BCUT2D eigenvalue weighted by Gasteiger charge is -2.18. The van der Waals surface area contributed by atoms with E-state index in [2.05, 4.69) is 20.8 Å². The maximum atomic E-state index is 12.2. The molecule has 5 nitrogen and oxygen atoms in total. The monoisotopic (exact) mass is 340 g/mol. The molecule has 0 aromatic carbocycles. The second kappa shape index (κ2) is 13.9. The summed E-state index contributed by atoms with van der Waals surface area (Å²) in [4.78, 5) is 0. The van der Waals surface area contributed by atoms with Crippen molar-refractivity contribution in [3.63, 3.8) is 0 Å². The lowest BCUT2D eigenvalue weighted by atomic mass is 10.4. The quantitative estimate of drug-likeness (QED) is 0.255. The predicted octanol–water partition coefficient (Wildman–Crippen LogP) is 4.11. The van der Waals surface area contributed by atoms with Crippen LogP contribution in [-0.2, 0) is 22.5 Å². The Balaban J connectivity index is 3.97. The molecule has 128 valence electrons. The minimum atomic E-state index is -2.89. The second-order valence-electron chi connectivity index (χ2n) is 5.02. The molecule has 0 rings (SSSR count). The maximum absolute atomic E-state index is 12.2. The van der Waals surface area contributed by atoms with Crippen LogP contribution in [0.15, 0.2) is 0 Å². The van der Waals surface area contributed by atoms with E-state index < -0.39 is 16.9 Å². The molecule has 7 heteroatoms. The predicted molar refractivity (Wildman–Crippen MR) is 89.4 cm³/mol. The van der Waals surface area contributed by atoms with Crippen molar-refractivity contribution in [1.82, 2.24) is 0 Å². The zero-order valence-electron chi connectivity index (χ0n) is 14.1. The summed E-state index contributed by atoms with van der Waals surface area (Å²) in [5, 5.41) is 0. The average molecular weight is 340 g/mol. The van der Waals surface area contributed by atoms with Crippen LogP contribution in [0.25, 0.3) is 0 Å². The maximum Gasteiger partial charge on any atom is 0.330 e. The Bertz CT molecular complexity index is 270. The lowest BCUT2D eigenvalue weighted by Crippen LogP contribution is -2.24. The van der Waals surface area contributed by atoms with E-state index in [0.717, 1.165) is 51.4 Å². The van der Waals surface area contributed by atoms with Gasteiger partial charge in [0.05, 0.1) is 12.8 Å². The topological polar surface area (TPSA) is 54.0 Å². The van der Waals surface area contributed by atoms with Crippen molar-refractivity contribution in [2.45, 2.75) is 58.9 Å². The highest BCUT2D eigenvalue weighted by Crippen LogP contribution is 2.48. The summed E-state index contributed by atoms with van der Waals surface area (Å²) in [7, 11) is -3.02. The molecule has 1 atom stereocenters. The fourth-order valence-electron chi connectivity index (χ4n) is 1.73. The van der Waals surface area contributed by atoms with Crippen LogP contribution in [0.1, 0.15) is 52.9 Å². The van der Waals surface area contributed by atoms with Crippen molar-refractivity contribution in [3.05, 3.63) is 0 Å². The van der Waals surface area contributed by atoms with Crippen LogP contribution >= 0.6 is 7.60 Å². The summed E-state index contributed by atoms with van der Waals surface area (Å²) in [5.74, 6) is 0. The van der Waals surface area contributed by atoms with Crippen LogP contribution in [0.2, 0.25) is 6.04 Å². The van der Waals surface area contributed by atoms with Gasteiger partial charge in [0.1, 0.15) is 0 Å². The van der Waals surface area contributed by atoms with E-state index in [1.54, 1.807) is 0 Å². The molecule has 0 N–H and O–H groups in total. The van der Waals surface area contributed by atoms with Crippen molar-refractivity contribution in [3.8, 4) is 0 Å². The fraction of sp³-hybridized carbons (Fsp3) is 1.00.